The van der Waals surface area contributed by atoms with E-state index in [2.05, 4.69) is 17.3 Å². The second-order valence-electron chi connectivity index (χ2n) is 8.65. The van der Waals surface area contributed by atoms with Crippen molar-refractivity contribution in [3.8, 4) is 0 Å². The van der Waals surface area contributed by atoms with Gasteiger partial charge in [0.2, 0.25) is 5.91 Å². The van der Waals surface area contributed by atoms with Crippen molar-refractivity contribution in [3.05, 3.63) is 34.9 Å². The van der Waals surface area contributed by atoms with E-state index in [9.17, 15) is 9.59 Å². The van der Waals surface area contributed by atoms with Gasteiger partial charge in [0, 0.05) is 43.8 Å². The van der Waals surface area contributed by atoms with Crippen molar-refractivity contribution in [3.63, 3.8) is 0 Å². The number of rotatable bonds is 2. The zero-order valence-corrected chi connectivity index (χ0v) is 16.9. The van der Waals surface area contributed by atoms with Crippen LogP contribution in [0.2, 0.25) is 5.02 Å². The Kier molecular flexibility index (Phi) is 4.71. The summed E-state index contributed by atoms with van der Waals surface area (Å²) in [5.41, 5.74) is 0.641. The summed E-state index contributed by atoms with van der Waals surface area (Å²) in [5, 5.41) is 3.57. The number of likely N-dealkylation sites (tertiary alicyclic amines) is 2. The number of amides is 2. The normalized spacial score (nSPS) is 29.7. The number of benzene rings is 1. The average Bonchev–Trinajstić information content (AvgIpc) is 3.17. The third kappa shape index (κ3) is 2.95. The lowest BCUT2D eigenvalue weighted by atomic mass is 9.65. The lowest BCUT2D eigenvalue weighted by Crippen LogP contribution is -2.49. The first kappa shape index (κ1) is 18.8. The summed E-state index contributed by atoms with van der Waals surface area (Å²) in [5.74, 6) is 0.678. The molecule has 4 rings (SSSR count). The summed E-state index contributed by atoms with van der Waals surface area (Å²) >= 11 is 5.94. The molecule has 1 aromatic rings. The number of nitrogens with zero attached hydrogens (tertiary/aromatic N) is 2. The van der Waals surface area contributed by atoms with Gasteiger partial charge in [-0.3, -0.25) is 9.59 Å². The zero-order chi connectivity index (χ0) is 19.2. The molecule has 1 saturated carbocycles. The molecule has 0 radical (unpaired) electrons. The molecule has 27 heavy (non-hydrogen) atoms. The molecule has 0 aromatic heterocycles. The molecule has 2 atom stereocenters. The molecule has 1 N–H and O–H groups in total. The van der Waals surface area contributed by atoms with E-state index in [1.807, 2.05) is 4.90 Å². The van der Waals surface area contributed by atoms with Crippen LogP contribution < -0.4 is 5.32 Å². The van der Waals surface area contributed by atoms with Gasteiger partial charge in [-0.25, -0.2) is 0 Å². The van der Waals surface area contributed by atoms with Gasteiger partial charge in [0.15, 0.2) is 0 Å². The van der Waals surface area contributed by atoms with Crippen LogP contribution in [0.25, 0.3) is 0 Å². The number of nitrogens with one attached hydrogen (secondary N) is 1. The molecule has 146 valence electrons. The van der Waals surface area contributed by atoms with Gasteiger partial charge in [0.1, 0.15) is 0 Å². The molecule has 2 aliphatic heterocycles. The fourth-order valence-electron chi connectivity index (χ4n) is 5.94. The van der Waals surface area contributed by atoms with Crippen LogP contribution in [0.3, 0.4) is 0 Å². The molecular weight excluding hydrogens is 362 g/mol. The first-order valence-corrected chi connectivity index (χ1v) is 10.2. The maximum atomic E-state index is 12.8. The fraction of sp³-hybridized carbons (Fsp3) is 0.619. The number of halogens is 1. The Labute approximate surface area is 166 Å². The van der Waals surface area contributed by atoms with E-state index in [1.165, 1.54) is 0 Å². The summed E-state index contributed by atoms with van der Waals surface area (Å²) in [6, 6.07) is 7.13. The van der Waals surface area contributed by atoms with Gasteiger partial charge in [-0.05, 0) is 68.3 Å². The first-order valence-electron chi connectivity index (χ1n) is 9.86. The van der Waals surface area contributed by atoms with Crippen LogP contribution in [-0.4, -0.2) is 61.9 Å². The number of hydrogen-bond acceptors (Lipinski definition) is 3. The minimum absolute atomic E-state index is 0.0839. The number of piperidine rings is 1. The minimum Gasteiger partial charge on any atom is -0.359 e. The molecule has 0 bridgehead atoms. The molecule has 2 saturated heterocycles. The van der Waals surface area contributed by atoms with E-state index in [1.54, 1.807) is 31.3 Å². The number of carbonyl (C=O) groups is 2. The molecule has 2 amide bonds. The Hall–Kier alpha value is -1.59. The van der Waals surface area contributed by atoms with Gasteiger partial charge in [0.25, 0.3) is 5.91 Å². The fourth-order valence-corrected chi connectivity index (χ4v) is 6.07. The molecule has 5 nitrogen and oxygen atoms in total. The first-order chi connectivity index (χ1) is 12.9. The number of fused-ring (bicyclic) bond motifs is 2. The second kappa shape index (κ2) is 6.78. The van der Waals surface area contributed by atoms with Crippen LogP contribution >= 0.6 is 11.6 Å². The molecule has 1 aliphatic carbocycles. The zero-order valence-electron chi connectivity index (χ0n) is 16.1. The largest absolute Gasteiger partial charge is 0.359 e. The second-order valence-corrected chi connectivity index (χ2v) is 9.08. The summed E-state index contributed by atoms with van der Waals surface area (Å²) < 4.78 is 0. The van der Waals surface area contributed by atoms with Crippen LogP contribution in [0.15, 0.2) is 24.3 Å². The Balaban J connectivity index is 1.49. The Morgan fingerprint density at radius 1 is 1.11 bits per heavy atom. The SMILES string of the molecule is CNC(=O)[C@@]12CCC3(CCN(C(=O)c4ccc(Cl)cc4)CC3)[C@@H]1CN(C)C2. The van der Waals surface area contributed by atoms with Gasteiger partial charge < -0.3 is 15.1 Å². The van der Waals surface area contributed by atoms with E-state index < -0.39 is 0 Å². The number of hydrogen-bond donors (Lipinski definition) is 1. The van der Waals surface area contributed by atoms with E-state index in [0.717, 1.165) is 51.9 Å². The van der Waals surface area contributed by atoms with Gasteiger partial charge >= 0.3 is 0 Å². The van der Waals surface area contributed by atoms with Gasteiger partial charge in [-0.2, -0.15) is 0 Å². The molecule has 0 unspecified atom stereocenters. The van der Waals surface area contributed by atoms with Crippen molar-refractivity contribution in [2.45, 2.75) is 25.7 Å². The molecule has 1 aromatic carbocycles. The predicted octanol–water partition coefficient (Wildman–Crippen LogP) is 2.65. The van der Waals surface area contributed by atoms with Crippen LogP contribution in [-0.2, 0) is 4.79 Å². The minimum atomic E-state index is -0.244. The molecule has 1 spiro atoms. The molecule has 3 aliphatic rings. The van der Waals surface area contributed by atoms with Crippen molar-refractivity contribution in [2.75, 3.05) is 40.3 Å². The summed E-state index contributed by atoms with van der Waals surface area (Å²) in [6.45, 7) is 3.38. The highest BCUT2D eigenvalue weighted by atomic mass is 35.5. The van der Waals surface area contributed by atoms with Crippen molar-refractivity contribution in [2.24, 2.45) is 16.7 Å². The lowest BCUT2D eigenvalue weighted by molar-refractivity contribution is -0.132. The highest BCUT2D eigenvalue weighted by Gasteiger charge is 2.63. The highest BCUT2D eigenvalue weighted by molar-refractivity contribution is 6.30. The van der Waals surface area contributed by atoms with Crippen molar-refractivity contribution in [1.82, 2.24) is 15.1 Å². The predicted molar refractivity (Wildman–Crippen MR) is 106 cm³/mol. The van der Waals surface area contributed by atoms with Crippen LogP contribution in [0.1, 0.15) is 36.0 Å². The van der Waals surface area contributed by atoms with Crippen LogP contribution in [0, 0.1) is 16.7 Å². The van der Waals surface area contributed by atoms with E-state index in [-0.39, 0.29) is 22.6 Å². The summed E-state index contributed by atoms with van der Waals surface area (Å²) in [4.78, 5) is 29.9. The molecular formula is C21H28ClN3O2. The Morgan fingerprint density at radius 2 is 1.78 bits per heavy atom. The smallest absolute Gasteiger partial charge is 0.253 e. The van der Waals surface area contributed by atoms with Crippen LogP contribution in [0.5, 0.6) is 0 Å². The maximum Gasteiger partial charge on any atom is 0.253 e. The van der Waals surface area contributed by atoms with Crippen molar-refractivity contribution < 1.29 is 9.59 Å². The standard InChI is InChI=1S/C21H28ClN3O2/c1-23-19(27)21-8-7-20(17(21)13-24(2)14-21)9-11-25(12-10-20)18(26)15-3-5-16(22)6-4-15/h3-6,17H,7-14H2,1-2H3,(H,23,27)/t17-,21+/m0/s1. The topological polar surface area (TPSA) is 52.7 Å². The Morgan fingerprint density at radius 3 is 2.41 bits per heavy atom. The van der Waals surface area contributed by atoms with Crippen LogP contribution in [0.4, 0.5) is 0 Å². The summed E-state index contributed by atoms with van der Waals surface area (Å²) in [7, 11) is 3.88. The Bertz CT molecular complexity index is 742. The van der Waals surface area contributed by atoms with Gasteiger partial charge in [-0.15, -0.1) is 0 Å². The van der Waals surface area contributed by atoms with E-state index in [0.29, 0.717) is 16.5 Å². The third-order valence-electron chi connectivity index (χ3n) is 7.34. The van der Waals surface area contributed by atoms with Gasteiger partial charge in [-0.1, -0.05) is 11.6 Å². The van der Waals surface area contributed by atoms with Gasteiger partial charge in [0.05, 0.1) is 5.41 Å². The molecule has 6 heteroatoms. The highest BCUT2D eigenvalue weighted by Crippen LogP contribution is 2.61. The third-order valence-corrected chi connectivity index (χ3v) is 7.59. The maximum absolute atomic E-state index is 12.8. The van der Waals surface area contributed by atoms with Crippen molar-refractivity contribution in [1.29, 1.82) is 0 Å². The number of carbonyl (C=O) groups excluding carboxylic acids is 2. The average molecular weight is 390 g/mol. The van der Waals surface area contributed by atoms with E-state index >= 15 is 0 Å². The molecule has 3 fully saturated rings. The monoisotopic (exact) mass is 389 g/mol. The van der Waals surface area contributed by atoms with Crippen molar-refractivity contribution >= 4 is 23.4 Å². The summed E-state index contributed by atoms with van der Waals surface area (Å²) in [6.07, 6.45) is 4.04. The molecule has 2 heterocycles. The quantitative estimate of drug-likeness (QED) is 0.846. The van der Waals surface area contributed by atoms with E-state index in [4.69, 9.17) is 11.6 Å². The lowest BCUT2D eigenvalue weighted by Gasteiger charge is -2.44.